The molecule has 90 valence electrons. The van der Waals surface area contributed by atoms with Crippen molar-refractivity contribution in [2.45, 2.75) is 26.4 Å². The molecule has 0 aliphatic heterocycles. The van der Waals surface area contributed by atoms with Crippen molar-refractivity contribution >= 4 is 16.9 Å². The first-order valence-corrected chi connectivity index (χ1v) is 6.72. The lowest BCUT2D eigenvalue weighted by Crippen LogP contribution is -2.34. The Bertz CT molecular complexity index is 406. The summed E-state index contributed by atoms with van der Waals surface area (Å²) in [6, 6.07) is 10.5. The lowest BCUT2D eigenvalue weighted by molar-refractivity contribution is 0.350. The second kappa shape index (κ2) is 6.97. The van der Waals surface area contributed by atoms with Gasteiger partial charge in [-0.05, 0) is 25.7 Å². The van der Waals surface area contributed by atoms with Gasteiger partial charge >= 0.3 is 0 Å². The molecule has 0 aliphatic rings. The molecule has 0 N–H and O–H groups in total. The van der Waals surface area contributed by atoms with Crippen LogP contribution in [0.15, 0.2) is 35.3 Å². The summed E-state index contributed by atoms with van der Waals surface area (Å²) in [5, 5.41) is 9.46. The van der Waals surface area contributed by atoms with E-state index in [2.05, 4.69) is 35.9 Å². The Morgan fingerprint density at radius 3 is 2.53 bits per heavy atom. The normalized spacial score (nSPS) is 11.4. The molecule has 0 bridgehead atoms. The molecule has 0 atom stereocenters. The number of hydrogen-bond acceptors (Lipinski definition) is 3. The summed E-state index contributed by atoms with van der Waals surface area (Å²) < 4.78 is 0. The van der Waals surface area contributed by atoms with Crippen LogP contribution in [0.3, 0.4) is 0 Å². The number of hydrogen-bond donors (Lipinski definition) is 0. The minimum atomic E-state index is 0.315. The second-order valence-corrected chi connectivity index (χ2v) is 4.68. The van der Waals surface area contributed by atoms with Gasteiger partial charge in [0.05, 0.1) is 0 Å². The molecule has 0 radical (unpaired) electrons. The average Bonchev–Trinajstić information content (AvgIpc) is 2.34. The van der Waals surface area contributed by atoms with Gasteiger partial charge in [0.25, 0.3) is 0 Å². The summed E-state index contributed by atoms with van der Waals surface area (Å²) in [6.45, 7) is 4.98. The van der Waals surface area contributed by atoms with Crippen LogP contribution in [0.25, 0.3) is 0 Å². The molecule has 1 aromatic rings. The van der Waals surface area contributed by atoms with Gasteiger partial charge in [0.15, 0.2) is 5.17 Å². The highest BCUT2D eigenvalue weighted by atomic mass is 32.2. The van der Waals surface area contributed by atoms with Gasteiger partial charge in [-0.15, -0.1) is 4.99 Å². The SMILES string of the molecule is CSC(=NC#N)N(Cc1ccccc1)C(C)C. The fourth-order valence-corrected chi connectivity index (χ4v) is 2.16. The minimum Gasteiger partial charge on any atom is -0.344 e. The van der Waals surface area contributed by atoms with Gasteiger partial charge < -0.3 is 4.90 Å². The molecule has 0 aliphatic carbocycles. The molecule has 0 fully saturated rings. The molecular formula is C13H17N3S. The Kier molecular flexibility index (Phi) is 5.58. The first-order valence-electron chi connectivity index (χ1n) is 5.50. The standard InChI is InChI=1S/C13H17N3S/c1-11(2)16(13(17-3)15-10-14)9-12-7-5-4-6-8-12/h4-8,11H,9H2,1-3H3. The van der Waals surface area contributed by atoms with Crippen molar-refractivity contribution in [3.05, 3.63) is 35.9 Å². The van der Waals surface area contributed by atoms with Gasteiger partial charge in [-0.2, -0.15) is 5.26 Å². The predicted octanol–water partition coefficient (Wildman–Crippen LogP) is 3.10. The van der Waals surface area contributed by atoms with Crippen LogP contribution < -0.4 is 0 Å². The lowest BCUT2D eigenvalue weighted by Gasteiger charge is -2.28. The lowest BCUT2D eigenvalue weighted by atomic mass is 10.2. The average molecular weight is 247 g/mol. The van der Waals surface area contributed by atoms with E-state index in [1.165, 1.54) is 17.3 Å². The van der Waals surface area contributed by atoms with Crippen LogP contribution in [0.1, 0.15) is 19.4 Å². The summed E-state index contributed by atoms with van der Waals surface area (Å²) >= 11 is 1.50. The van der Waals surface area contributed by atoms with Crippen molar-refractivity contribution in [2.75, 3.05) is 6.26 Å². The van der Waals surface area contributed by atoms with E-state index in [0.717, 1.165) is 11.7 Å². The number of aliphatic imine (C=N–C) groups is 1. The molecule has 1 aromatic carbocycles. The van der Waals surface area contributed by atoms with Crippen molar-refractivity contribution in [2.24, 2.45) is 4.99 Å². The zero-order chi connectivity index (χ0) is 12.7. The van der Waals surface area contributed by atoms with Crippen LogP contribution in [0.5, 0.6) is 0 Å². The summed E-state index contributed by atoms with van der Waals surface area (Å²) in [4.78, 5) is 6.00. The highest BCUT2D eigenvalue weighted by Crippen LogP contribution is 2.14. The molecule has 0 aromatic heterocycles. The van der Waals surface area contributed by atoms with E-state index < -0.39 is 0 Å². The van der Waals surface area contributed by atoms with E-state index >= 15 is 0 Å². The molecule has 0 amide bonds. The van der Waals surface area contributed by atoms with Gasteiger partial charge in [-0.1, -0.05) is 42.1 Å². The third-order valence-electron chi connectivity index (χ3n) is 2.39. The Morgan fingerprint density at radius 2 is 2.06 bits per heavy atom. The first kappa shape index (κ1) is 13.6. The zero-order valence-corrected chi connectivity index (χ0v) is 11.2. The van der Waals surface area contributed by atoms with Crippen LogP contribution in [-0.4, -0.2) is 22.4 Å². The van der Waals surface area contributed by atoms with Gasteiger partial charge in [-0.25, -0.2) is 0 Å². The number of amidine groups is 1. The summed E-state index contributed by atoms with van der Waals surface area (Å²) in [5.74, 6) is 0. The predicted molar refractivity (Wildman–Crippen MR) is 73.7 cm³/mol. The Hall–Kier alpha value is -1.47. The van der Waals surface area contributed by atoms with E-state index in [1.807, 2.05) is 30.6 Å². The van der Waals surface area contributed by atoms with E-state index in [1.54, 1.807) is 0 Å². The van der Waals surface area contributed by atoms with E-state index in [9.17, 15) is 0 Å². The highest BCUT2D eigenvalue weighted by molar-refractivity contribution is 8.13. The van der Waals surface area contributed by atoms with Crippen molar-refractivity contribution in [3.63, 3.8) is 0 Å². The number of rotatable bonds is 3. The van der Waals surface area contributed by atoms with Gasteiger partial charge in [0.1, 0.15) is 0 Å². The molecule has 0 spiro atoms. The van der Waals surface area contributed by atoms with E-state index in [4.69, 9.17) is 5.26 Å². The highest BCUT2D eigenvalue weighted by Gasteiger charge is 2.14. The number of benzene rings is 1. The third-order valence-corrected chi connectivity index (χ3v) is 3.08. The topological polar surface area (TPSA) is 39.4 Å². The molecule has 1 rings (SSSR count). The number of thioether (sulfide) groups is 1. The largest absolute Gasteiger partial charge is 0.344 e. The Labute approximate surface area is 107 Å². The summed E-state index contributed by atoms with van der Waals surface area (Å²) in [5.41, 5.74) is 1.22. The molecule has 4 heteroatoms. The van der Waals surface area contributed by atoms with Gasteiger partial charge in [0.2, 0.25) is 6.19 Å². The molecule has 17 heavy (non-hydrogen) atoms. The van der Waals surface area contributed by atoms with Crippen LogP contribution in [0.2, 0.25) is 0 Å². The molecule has 3 nitrogen and oxygen atoms in total. The minimum absolute atomic E-state index is 0.315. The van der Waals surface area contributed by atoms with Crippen LogP contribution in [0, 0.1) is 11.5 Å². The quantitative estimate of drug-likeness (QED) is 0.468. The first-order chi connectivity index (χ1) is 8.19. The maximum Gasteiger partial charge on any atom is 0.208 e. The Morgan fingerprint density at radius 1 is 1.41 bits per heavy atom. The van der Waals surface area contributed by atoms with Gasteiger partial charge in [-0.3, -0.25) is 0 Å². The smallest absolute Gasteiger partial charge is 0.208 e. The monoisotopic (exact) mass is 247 g/mol. The van der Waals surface area contributed by atoms with Crippen LogP contribution in [0.4, 0.5) is 0 Å². The van der Waals surface area contributed by atoms with Crippen molar-refractivity contribution < 1.29 is 0 Å². The fraction of sp³-hybridized carbons (Fsp3) is 0.385. The summed E-state index contributed by atoms with van der Waals surface area (Å²) in [6.07, 6.45) is 3.81. The Balaban J connectivity index is 2.88. The van der Waals surface area contributed by atoms with E-state index in [-0.39, 0.29) is 0 Å². The van der Waals surface area contributed by atoms with Crippen molar-refractivity contribution in [3.8, 4) is 6.19 Å². The van der Waals surface area contributed by atoms with Crippen LogP contribution >= 0.6 is 11.8 Å². The maximum atomic E-state index is 8.69. The van der Waals surface area contributed by atoms with Crippen LogP contribution in [-0.2, 0) is 6.54 Å². The van der Waals surface area contributed by atoms with E-state index in [0.29, 0.717) is 6.04 Å². The molecule has 0 unspecified atom stereocenters. The number of nitriles is 1. The zero-order valence-electron chi connectivity index (χ0n) is 10.4. The third kappa shape index (κ3) is 4.12. The summed E-state index contributed by atoms with van der Waals surface area (Å²) in [7, 11) is 0. The van der Waals surface area contributed by atoms with Crippen molar-refractivity contribution in [1.29, 1.82) is 5.26 Å². The molecular weight excluding hydrogens is 230 g/mol. The van der Waals surface area contributed by atoms with Crippen molar-refractivity contribution in [1.82, 2.24) is 4.90 Å². The van der Waals surface area contributed by atoms with Gasteiger partial charge in [0, 0.05) is 12.6 Å². The molecule has 0 saturated carbocycles. The number of nitrogens with zero attached hydrogens (tertiary/aromatic N) is 3. The maximum absolute atomic E-state index is 8.69. The fourth-order valence-electron chi connectivity index (χ4n) is 1.52. The molecule has 0 heterocycles. The second-order valence-electron chi connectivity index (χ2n) is 3.91. The molecule has 0 saturated heterocycles.